The second-order valence-corrected chi connectivity index (χ2v) is 9.81. The van der Waals surface area contributed by atoms with Crippen LogP contribution in [0.5, 0.6) is 0 Å². The molecule has 1 unspecified atom stereocenters. The van der Waals surface area contributed by atoms with Gasteiger partial charge in [-0.05, 0) is 31.2 Å². The van der Waals surface area contributed by atoms with E-state index < -0.39 is 9.84 Å². The molecule has 0 spiro atoms. The van der Waals surface area contributed by atoms with Crippen molar-refractivity contribution in [1.29, 1.82) is 0 Å². The zero-order valence-corrected chi connectivity index (χ0v) is 15.8. The number of hydrogen-bond donors (Lipinski definition) is 1. The highest BCUT2D eigenvalue weighted by atomic mass is 32.2. The normalized spacial score (nSPS) is 19.0. The molecule has 1 saturated heterocycles. The van der Waals surface area contributed by atoms with Crippen molar-refractivity contribution in [3.8, 4) is 11.3 Å². The van der Waals surface area contributed by atoms with Crippen molar-refractivity contribution < 1.29 is 13.2 Å². The second kappa shape index (κ2) is 7.66. The average molecular weight is 379 g/mol. The zero-order valence-electron chi connectivity index (χ0n) is 14.2. The van der Waals surface area contributed by atoms with Crippen molar-refractivity contribution in [2.75, 3.05) is 18.1 Å². The Labute approximate surface area is 152 Å². The van der Waals surface area contributed by atoms with E-state index in [1.165, 1.54) is 0 Å². The lowest BCUT2D eigenvalue weighted by Gasteiger charge is -2.09. The fourth-order valence-electron chi connectivity index (χ4n) is 3.05. The van der Waals surface area contributed by atoms with Crippen molar-refractivity contribution in [3.05, 3.63) is 40.2 Å². The van der Waals surface area contributed by atoms with Crippen LogP contribution in [0.2, 0.25) is 0 Å². The van der Waals surface area contributed by atoms with Crippen molar-refractivity contribution >= 4 is 27.1 Å². The Morgan fingerprint density at radius 3 is 2.68 bits per heavy atom. The molecule has 1 aromatic heterocycles. The molecule has 1 atom stereocenters. The van der Waals surface area contributed by atoms with Gasteiger partial charge in [-0.3, -0.25) is 4.79 Å². The maximum Gasteiger partial charge on any atom is 0.220 e. The number of sulfone groups is 1. The summed E-state index contributed by atoms with van der Waals surface area (Å²) in [6.45, 7) is 2.56. The van der Waals surface area contributed by atoms with Gasteiger partial charge in [0.15, 0.2) is 9.84 Å². The number of carbonyl (C=O) groups excluding carboxylic acids is 1. The number of nitrogens with one attached hydrogen (secondary N) is 1. The molecule has 1 aromatic carbocycles. The van der Waals surface area contributed by atoms with Gasteiger partial charge < -0.3 is 5.32 Å². The van der Waals surface area contributed by atoms with Gasteiger partial charge in [0.25, 0.3) is 0 Å². The summed E-state index contributed by atoms with van der Waals surface area (Å²) in [6, 6.07) is 8.21. The standard InChI is InChI=1S/C18H22N2O3S2/c1-13-20-17(11-24-13)16-4-2-14(3-5-16)6-8-19-18(21)10-15-7-9-25(22,23)12-15/h2-5,11,15H,6-10,12H2,1H3,(H,19,21). The summed E-state index contributed by atoms with van der Waals surface area (Å²) in [4.78, 5) is 16.4. The molecule has 3 rings (SSSR count). The van der Waals surface area contributed by atoms with Gasteiger partial charge in [0.05, 0.1) is 22.2 Å². The van der Waals surface area contributed by atoms with Gasteiger partial charge in [-0.2, -0.15) is 0 Å². The lowest BCUT2D eigenvalue weighted by molar-refractivity contribution is -0.121. The highest BCUT2D eigenvalue weighted by Crippen LogP contribution is 2.22. The van der Waals surface area contributed by atoms with Gasteiger partial charge in [-0.1, -0.05) is 24.3 Å². The molecule has 0 radical (unpaired) electrons. The van der Waals surface area contributed by atoms with E-state index in [9.17, 15) is 13.2 Å². The van der Waals surface area contributed by atoms with Crippen molar-refractivity contribution in [2.45, 2.75) is 26.2 Å². The van der Waals surface area contributed by atoms with Gasteiger partial charge in [-0.15, -0.1) is 11.3 Å². The van der Waals surface area contributed by atoms with Gasteiger partial charge in [0, 0.05) is 23.9 Å². The Bertz CT molecular complexity index is 841. The highest BCUT2D eigenvalue weighted by molar-refractivity contribution is 7.91. The molecular formula is C18H22N2O3S2. The van der Waals surface area contributed by atoms with E-state index in [2.05, 4.69) is 34.6 Å². The number of thiazole rings is 1. The molecule has 134 valence electrons. The first-order chi connectivity index (χ1) is 11.9. The van der Waals surface area contributed by atoms with E-state index in [0.29, 0.717) is 19.4 Å². The number of carbonyl (C=O) groups is 1. The molecule has 0 aliphatic carbocycles. The fourth-order valence-corrected chi connectivity index (χ4v) is 5.54. The van der Waals surface area contributed by atoms with E-state index in [0.717, 1.165) is 28.2 Å². The zero-order chi connectivity index (χ0) is 17.9. The number of amides is 1. The molecule has 2 aromatic rings. The Balaban J connectivity index is 1.43. The van der Waals surface area contributed by atoms with Crippen molar-refractivity contribution in [3.63, 3.8) is 0 Å². The minimum absolute atomic E-state index is 0.0224. The van der Waals surface area contributed by atoms with E-state index in [-0.39, 0.29) is 23.3 Å². The lowest BCUT2D eigenvalue weighted by Crippen LogP contribution is -2.27. The topological polar surface area (TPSA) is 76.1 Å². The molecule has 7 heteroatoms. The van der Waals surface area contributed by atoms with Crippen LogP contribution in [0.15, 0.2) is 29.6 Å². The van der Waals surface area contributed by atoms with Crippen LogP contribution in [0.25, 0.3) is 11.3 Å². The third kappa shape index (κ3) is 5.12. The number of hydrogen-bond acceptors (Lipinski definition) is 5. The van der Waals surface area contributed by atoms with E-state index >= 15 is 0 Å². The Morgan fingerprint density at radius 1 is 1.32 bits per heavy atom. The minimum atomic E-state index is -2.91. The van der Waals surface area contributed by atoms with Crippen LogP contribution in [-0.4, -0.2) is 37.4 Å². The average Bonchev–Trinajstić information content (AvgIpc) is 3.13. The summed E-state index contributed by atoms with van der Waals surface area (Å²) >= 11 is 1.64. The van der Waals surface area contributed by atoms with Crippen LogP contribution in [0.1, 0.15) is 23.4 Å². The van der Waals surface area contributed by atoms with Gasteiger partial charge >= 0.3 is 0 Å². The molecule has 5 nitrogen and oxygen atoms in total. The van der Waals surface area contributed by atoms with Crippen LogP contribution >= 0.6 is 11.3 Å². The molecule has 0 bridgehead atoms. The molecule has 25 heavy (non-hydrogen) atoms. The predicted octanol–water partition coefficient (Wildman–Crippen LogP) is 2.60. The van der Waals surface area contributed by atoms with Gasteiger partial charge in [-0.25, -0.2) is 13.4 Å². The number of nitrogens with zero attached hydrogens (tertiary/aromatic N) is 1. The number of aryl methyl sites for hydroxylation is 1. The summed E-state index contributed by atoms with van der Waals surface area (Å²) in [5.74, 6) is 0.288. The van der Waals surface area contributed by atoms with E-state index in [4.69, 9.17) is 0 Å². The monoisotopic (exact) mass is 378 g/mol. The predicted molar refractivity (Wildman–Crippen MR) is 100 cm³/mol. The summed E-state index contributed by atoms with van der Waals surface area (Å²) in [6.07, 6.45) is 1.67. The first-order valence-corrected chi connectivity index (χ1v) is 11.1. The van der Waals surface area contributed by atoms with E-state index in [1.807, 2.05) is 12.3 Å². The number of aromatic nitrogens is 1. The third-order valence-corrected chi connectivity index (χ3v) is 7.02. The first-order valence-electron chi connectivity index (χ1n) is 8.40. The van der Waals surface area contributed by atoms with Gasteiger partial charge in [0.2, 0.25) is 5.91 Å². The Morgan fingerprint density at radius 2 is 2.08 bits per heavy atom. The fraction of sp³-hybridized carbons (Fsp3) is 0.444. The molecular weight excluding hydrogens is 356 g/mol. The Hall–Kier alpha value is -1.73. The molecule has 1 aliphatic heterocycles. The van der Waals surface area contributed by atoms with Crippen molar-refractivity contribution in [1.82, 2.24) is 10.3 Å². The lowest BCUT2D eigenvalue weighted by atomic mass is 10.0. The molecule has 1 amide bonds. The summed E-state index contributed by atoms with van der Waals surface area (Å²) in [5, 5.41) is 5.99. The van der Waals surface area contributed by atoms with Crippen LogP contribution in [0, 0.1) is 12.8 Å². The van der Waals surface area contributed by atoms with Crippen molar-refractivity contribution in [2.24, 2.45) is 5.92 Å². The van der Waals surface area contributed by atoms with Gasteiger partial charge in [0.1, 0.15) is 0 Å². The van der Waals surface area contributed by atoms with Crippen LogP contribution in [0.4, 0.5) is 0 Å². The van der Waals surface area contributed by atoms with E-state index in [1.54, 1.807) is 11.3 Å². The van der Waals surface area contributed by atoms with Crippen LogP contribution in [0.3, 0.4) is 0 Å². The summed E-state index contributed by atoms with van der Waals surface area (Å²) in [7, 11) is -2.91. The van der Waals surface area contributed by atoms with Crippen LogP contribution in [-0.2, 0) is 21.1 Å². The number of rotatable bonds is 6. The highest BCUT2D eigenvalue weighted by Gasteiger charge is 2.29. The Kier molecular flexibility index (Phi) is 5.54. The maximum absolute atomic E-state index is 11.9. The molecule has 2 heterocycles. The molecule has 1 fully saturated rings. The minimum Gasteiger partial charge on any atom is -0.356 e. The smallest absolute Gasteiger partial charge is 0.220 e. The number of benzene rings is 1. The van der Waals surface area contributed by atoms with Crippen LogP contribution < -0.4 is 5.32 Å². The molecule has 0 saturated carbocycles. The second-order valence-electron chi connectivity index (χ2n) is 6.52. The summed E-state index contributed by atoms with van der Waals surface area (Å²) in [5.41, 5.74) is 3.24. The largest absolute Gasteiger partial charge is 0.356 e. The third-order valence-electron chi connectivity index (χ3n) is 4.41. The first kappa shape index (κ1) is 18.1. The maximum atomic E-state index is 11.9. The SMILES string of the molecule is Cc1nc(-c2ccc(CCNC(=O)CC3CCS(=O)(=O)C3)cc2)cs1. The quantitative estimate of drug-likeness (QED) is 0.838. The molecule has 1 aliphatic rings. The molecule has 1 N–H and O–H groups in total. The summed E-state index contributed by atoms with van der Waals surface area (Å²) < 4.78 is 22.8.